The van der Waals surface area contributed by atoms with Crippen LogP contribution in [0.25, 0.3) is 0 Å². The van der Waals surface area contributed by atoms with Gasteiger partial charge in [-0.3, -0.25) is 9.59 Å². The molecule has 1 unspecified atom stereocenters. The number of allylic oxidation sites excluding steroid dienone is 1. The topological polar surface area (TPSA) is 43.4 Å². The molecule has 2 rings (SSSR count). The van der Waals surface area contributed by atoms with Gasteiger partial charge in [-0.25, -0.2) is 0 Å². The second kappa shape index (κ2) is 3.93. The van der Waals surface area contributed by atoms with Gasteiger partial charge in [0.05, 0.1) is 3.92 Å². The first-order chi connectivity index (χ1) is 7.82. The minimum Gasteiger partial charge on any atom is -0.457 e. The Morgan fingerprint density at radius 3 is 2.94 bits per heavy atom. The number of esters is 1. The van der Waals surface area contributed by atoms with Gasteiger partial charge in [0.1, 0.15) is 11.0 Å². The number of fused-ring (bicyclic) bond motifs is 2. The van der Waals surface area contributed by atoms with Crippen LogP contribution in [0.15, 0.2) is 24.3 Å². The van der Waals surface area contributed by atoms with Gasteiger partial charge in [0.25, 0.3) is 0 Å². The Hall–Kier alpha value is -0.650. The molecular weight excluding hydrogens is 331 g/mol. The van der Waals surface area contributed by atoms with E-state index in [9.17, 15) is 9.59 Å². The summed E-state index contributed by atoms with van der Waals surface area (Å²) in [5.41, 5.74) is -0.769. The van der Waals surface area contributed by atoms with Crippen molar-refractivity contribution in [3.63, 3.8) is 0 Å². The molecule has 92 valence electrons. The Kier molecular flexibility index (Phi) is 2.96. The van der Waals surface area contributed by atoms with Crippen molar-refractivity contribution in [2.24, 2.45) is 5.41 Å². The molecule has 0 amide bonds. The van der Waals surface area contributed by atoms with Crippen LogP contribution in [0.4, 0.5) is 0 Å². The third-order valence-corrected chi connectivity index (χ3v) is 5.99. The molecule has 0 aromatic heterocycles. The van der Waals surface area contributed by atoms with Gasteiger partial charge in [0.15, 0.2) is 5.78 Å². The van der Waals surface area contributed by atoms with Crippen LogP contribution in [0, 0.1) is 5.41 Å². The number of alkyl halides is 1. The van der Waals surface area contributed by atoms with Crippen molar-refractivity contribution in [1.29, 1.82) is 0 Å². The normalized spacial score (nSPS) is 39.0. The maximum Gasteiger partial charge on any atom is 0.318 e. The SMILES string of the molecule is C=C(C)C(=O)CC12C=CC[C@@](C)(OC1=O)[C@H]2I. The predicted molar refractivity (Wildman–Crippen MR) is 72.9 cm³/mol. The van der Waals surface area contributed by atoms with Gasteiger partial charge in [0, 0.05) is 12.8 Å². The van der Waals surface area contributed by atoms with Crippen LogP contribution >= 0.6 is 22.6 Å². The van der Waals surface area contributed by atoms with E-state index >= 15 is 0 Å². The average molecular weight is 346 g/mol. The van der Waals surface area contributed by atoms with Crippen molar-refractivity contribution in [3.8, 4) is 0 Å². The zero-order valence-electron chi connectivity index (χ0n) is 9.96. The number of halogens is 1. The van der Waals surface area contributed by atoms with Crippen LogP contribution in [0.5, 0.6) is 0 Å². The van der Waals surface area contributed by atoms with E-state index in [1.54, 1.807) is 6.92 Å². The van der Waals surface area contributed by atoms with E-state index in [4.69, 9.17) is 4.74 Å². The summed E-state index contributed by atoms with van der Waals surface area (Å²) in [5.74, 6) is -0.345. The van der Waals surface area contributed by atoms with E-state index in [1.165, 1.54) is 0 Å². The Morgan fingerprint density at radius 1 is 1.71 bits per heavy atom. The number of rotatable bonds is 3. The van der Waals surface area contributed by atoms with E-state index in [2.05, 4.69) is 29.2 Å². The third kappa shape index (κ3) is 1.77. The van der Waals surface area contributed by atoms with Crippen LogP contribution < -0.4 is 0 Å². The van der Waals surface area contributed by atoms with Crippen molar-refractivity contribution in [1.82, 2.24) is 0 Å². The molecular formula is C13H15IO3. The molecule has 3 atom stereocenters. The van der Waals surface area contributed by atoms with Gasteiger partial charge in [-0.05, 0) is 19.4 Å². The van der Waals surface area contributed by atoms with Crippen LogP contribution in [-0.2, 0) is 14.3 Å². The number of ether oxygens (including phenoxy) is 1. The molecule has 0 radical (unpaired) electrons. The van der Waals surface area contributed by atoms with Gasteiger partial charge in [-0.2, -0.15) is 0 Å². The van der Waals surface area contributed by atoms with Crippen LogP contribution in [0.2, 0.25) is 0 Å². The van der Waals surface area contributed by atoms with Gasteiger partial charge < -0.3 is 4.74 Å². The zero-order chi connectivity index (χ0) is 12.8. The summed E-state index contributed by atoms with van der Waals surface area (Å²) in [7, 11) is 0. The molecule has 2 bridgehead atoms. The summed E-state index contributed by atoms with van der Waals surface area (Å²) in [5, 5.41) is 0. The lowest BCUT2D eigenvalue weighted by atomic mass is 9.72. The van der Waals surface area contributed by atoms with Gasteiger partial charge in [-0.1, -0.05) is 41.3 Å². The maximum absolute atomic E-state index is 12.1. The highest BCUT2D eigenvalue weighted by atomic mass is 127. The first kappa shape index (κ1) is 12.8. The molecule has 1 saturated heterocycles. The number of carbonyl (C=O) groups excluding carboxylic acids is 2. The molecule has 3 nitrogen and oxygen atoms in total. The molecule has 1 fully saturated rings. The summed E-state index contributed by atoms with van der Waals surface area (Å²) in [6.07, 6.45) is 4.68. The summed E-state index contributed by atoms with van der Waals surface area (Å²) in [4.78, 5) is 23.9. The average Bonchev–Trinajstić information content (AvgIpc) is 2.35. The number of ketones is 1. The predicted octanol–water partition coefficient (Wildman–Crippen LogP) is 2.59. The third-order valence-electron chi connectivity index (χ3n) is 3.56. The second-order valence-corrected chi connectivity index (χ2v) is 6.34. The molecule has 0 aromatic carbocycles. The molecule has 0 N–H and O–H groups in total. The monoisotopic (exact) mass is 346 g/mol. The molecule has 2 aliphatic rings. The first-order valence-electron chi connectivity index (χ1n) is 5.56. The van der Waals surface area contributed by atoms with Crippen molar-refractivity contribution in [3.05, 3.63) is 24.3 Å². The maximum atomic E-state index is 12.1. The number of Topliss-reactive ketones (excluding diaryl/α,β-unsaturated/α-hetero) is 1. The minimum absolute atomic E-state index is 0.00611. The van der Waals surface area contributed by atoms with Gasteiger partial charge >= 0.3 is 5.97 Å². The Balaban J connectivity index is 2.38. The quantitative estimate of drug-likeness (QED) is 0.259. The molecule has 0 saturated carbocycles. The van der Waals surface area contributed by atoms with E-state index in [1.807, 2.05) is 19.1 Å². The molecule has 1 aliphatic carbocycles. The number of hydrogen-bond acceptors (Lipinski definition) is 3. The molecule has 0 spiro atoms. The lowest BCUT2D eigenvalue weighted by molar-refractivity contribution is -0.151. The highest BCUT2D eigenvalue weighted by molar-refractivity contribution is 14.1. The fourth-order valence-electron chi connectivity index (χ4n) is 2.44. The fraction of sp³-hybridized carbons (Fsp3) is 0.538. The highest BCUT2D eigenvalue weighted by Crippen LogP contribution is 2.53. The number of hydrogen-bond donors (Lipinski definition) is 0. The molecule has 17 heavy (non-hydrogen) atoms. The van der Waals surface area contributed by atoms with Gasteiger partial charge in [-0.15, -0.1) is 0 Å². The largest absolute Gasteiger partial charge is 0.457 e. The fourth-order valence-corrected chi connectivity index (χ4v) is 3.51. The van der Waals surface area contributed by atoms with E-state index in [0.29, 0.717) is 5.57 Å². The lowest BCUT2D eigenvalue weighted by Gasteiger charge is -2.33. The molecule has 1 heterocycles. The first-order valence-corrected chi connectivity index (χ1v) is 6.80. The lowest BCUT2D eigenvalue weighted by Crippen LogP contribution is -2.43. The van der Waals surface area contributed by atoms with Crippen molar-refractivity contribution in [2.75, 3.05) is 0 Å². The highest BCUT2D eigenvalue weighted by Gasteiger charge is 2.62. The summed E-state index contributed by atoms with van der Waals surface area (Å²) < 4.78 is 5.47. The molecule has 0 aromatic rings. The number of carbonyl (C=O) groups is 2. The molecule has 1 aliphatic heterocycles. The van der Waals surface area contributed by atoms with Crippen molar-refractivity contribution < 1.29 is 14.3 Å². The van der Waals surface area contributed by atoms with Crippen LogP contribution in [0.3, 0.4) is 0 Å². The Labute approximate surface area is 114 Å². The summed E-state index contributed by atoms with van der Waals surface area (Å²) in [6.45, 7) is 7.24. The molecule has 4 heteroatoms. The Morgan fingerprint density at radius 2 is 2.35 bits per heavy atom. The van der Waals surface area contributed by atoms with Crippen molar-refractivity contribution >= 4 is 34.3 Å². The second-order valence-electron chi connectivity index (χ2n) is 5.09. The van der Waals surface area contributed by atoms with E-state index in [-0.39, 0.29) is 22.1 Å². The van der Waals surface area contributed by atoms with Crippen LogP contribution in [0.1, 0.15) is 26.7 Å². The standard InChI is InChI=1S/C13H15IO3/c1-8(2)9(15)7-13-6-4-5-12(3,10(13)14)17-11(13)16/h4,6,10H,1,5,7H2,2-3H3/t10-,12-,13?/m1/s1. The summed E-state index contributed by atoms with van der Waals surface area (Å²) >= 11 is 2.23. The van der Waals surface area contributed by atoms with E-state index in [0.717, 1.165) is 6.42 Å². The van der Waals surface area contributed by atoms with Crippen LogP contribution in [-0.4, -0.2) is 21.3 Å². The minimum atomic E-state index is -0.788. The van der Waals surface area contributed by atoms with E-state index < -0.39 is 11.0 Å². The zero-order valence-corrected chi connectivity index (χ0v) is 12.1. The van der Waals surface area contributed by atoms with Crippen molar-refractivity contribution in [2.45, 2.75) is 36.2 Å². The van der Waals surface area contributed by atoms with Gasteiger partial charge in [0.2, 0.25) is 0 Å². The smallest absolute Gasteiger partial charge is 0.318 e. The Bertz CT molecular complexity index is 440. The summed E-state index contributed by atoms with van der Waals surface area (Å²) in [6, 6.07) is 0.